The molecule has 2 aromatic carbocycles. The number of rotatable bonds is 2. The third kappa shape index (κ3) is 1.73. The molecule has 0 N–H and O–H groups in total. The molecule has 2 nitrogen and oxygen atoms in total. The first-order valence-corrected chi connectivity index (χ1v) is 7.85. The topological polar surface area (TPSA) is 14.2 Å². The number of nitrogens with zero attached hydrogens (tertiary/aromatic N) is 1. The summed E-state index contributed by atoms with van der Waals surface area (Å²) in [4.78, 5) is 0. The van der Waals surface area contributed by atoms with Crippen LogP contribution >= 0.6 is 0 Å². The smallest absolute Gasteiger partial charge is 0.123 e. The van der Waals surface area contributed by atoms with Gasteiger partial charge in [0.1, 0.15) is 5.75 Å². The summed E-state index contributed by atoms with van der Waals surface area (Å²) in [5.74, 6) is 1.02. The van der Waals surface area contributed by atoms with Gasteiger partial charge in [0.15, 0.2) is 0 Å². The second kappa shape index (κ2) is 4.64. The molecule has 2 heteroatoms. The van der Waals surface area contributed by atoms with E-state index in [4.69, 9.17) is 4.74 Å². The number of methoxy groups -OCH3 is 1. The van der Waals surface area contributed by atoms with Crippen molar-refractivity contribution in [3.63, 3.8) is 0 Å². The fraction of sp³-hybridized carbons (Fsp3) is 0.300. The average molecular weight is 291 g/mol. The minimum absolute atomic E-state index is 0.0337. The second-order valence-corrected chi connectivity index (χ2v) is 6.53. The maximum Gasteiger partial charge on any atom is 0.123 e. The van der Waals surface area contributed by atoms with Crippen LogP contribution in [0.1, 0.15) is 30.0 Å². The minimum Gasteiger partial charge on any atom is -0.496 e. The van der Waals surface area contributed by atoms with Crippen molar-refractivity contribution < 1.29 is 4.74 Å². The van der Waals surface area contributed by atoms with E-state index in [1.54, 1.807) is 7.11 Å². The summed E-state index contributed by atoms with van der Waals surface area (Å²) in [7, 11) is 3.87. The summed E-state index contributed by atoms with van der Waals surface area (Å²) in [6.45, 7) is 2.35. The second-order valence-electron chi connectivity index (χ2n) is 6.53. The van der Waals surface area contributed by atoms with Gasteiger partial charge < -0.3 is 9.30 Å². The third-order valence-electron chi connectivity index (χ3n) is 5.30. The van der Waals surface area contributed by atoms with Crippen LogP contribution in [0.3, 0.4) is 0 Å². The van der Waals surface area contributed by atoms with Crippen molar-refractivity contribution >= 4 is 10.9 Å². The highest BCUT2D eigenvalue weighted by atomic mass is 16.5. The number of hydrogen-bond acceptors (Lipinski definition) is 1. The van der Waals surface area contributed by atoms with E-state index in [1.165, 1.54) is 27.6 Å². The molecule has 1 aromatic heterocycles. The fourth-order valence-electron chi connectivity index (χ4n) is 4.00. The number of aryl methyl sites for hydroxylation is 2. The lowest BCUT2D eigenvalue weighted by Crippen LogP contribution is -2.20. The first kappa shape index (κ1) is 13.4. The lowest BCUT2D eigenvalue weighted by Gasteiger charge is -2.28. The average Bonchev–Trinajstić information content (AvgIpc) is 3.09. The van der Waals surface area contributed by atoms with E-state index in [0.29, 0.717) is 0 Å². The Morgan fingerprint density at radius 2 is 2.00 bits per heavy atom. The van der Waals surface area contributed by atoms with Gasteiger partial charge >= 0.3 is 0 Å². The van der Waals surface area contributed by atoms with Crippen LogP contribution in [0.4, 0.5) is 0 Å². The number of fused-ring (bicyclic) bond motifs is 2. The predicted molar refractivity (Wildman–Crippen MR) is 90.7 cm³/mol. The molecule has 0 spiro atoms. The molecular weight excluding hydrogens is 270 g/mol. The largest absolute Gasteiger partial charge is 0.496 e. The molecule has 112 valence electrons. The molecule has 0 radical (unpaired) electrons. The zero-order valence-corrected chi connectivity index (χ0v) is 13.4. The Balaban J connectivity index is 1.92. The molecule has 0 bridgehead atoms. The van der Waals surface area contributed by atoms with Crippen molar-refractivity contribution in [2.45, 2.75) is 25.2 Å². The van der Waals surface area contributed by atoms with Crippen molar-refractivity contribution in [1.82, 2.24) is 4.57 Å². The zero-order valence-electron chi connectivity index (χ0n) is 13.4. The van der Waals surface area contributed by atoms with Crippen LogP contribution in [-0.4, -0.2) is 11.7 Å². The van der Waals surface area contributed by atoms with Crippen molar-refractivity contribution in [2.75, 3.05) is 7.11 Å². The van der Waals surface area contributed by atoms with Crippen LogP contribution in [0.25, 0.3) is 10.9 Å². The van der Waals surface area contributed by atoms with E-state index in [1.807, 2.05) is 0 Å². The monoisotopic (exact) mass is 291 g/mol. The maximum atomic E-state index is 5.66. The van der Waals surface area contributed by atoms with Crippen molar-refractivity contribution in [3.8, 4) is 5.75 Å². The molecule has 0 amide bonds. The number of hydrogen-bond donors (Lipinski definition) is 0. The van der Waals surface area contributed by atoms with Gasteiger partial charge in [-0.25, -0.2) is 0 Å². The molecule has 0 aliphatic heterocycles. The zero-order chi connectivity index (χ0) is 15.3. The quantitative estimate of drug-likeness (QED) is 0.681. The molecule has 1 aliphatic rings. The first-order chi connectivity index (χ1) is 10.6. The van der Waals surface area contributed by atoms with Crippen molar-refractivity contribution in [3.05, 3.63) is 65.4 Å². The van der Waals surface area contributed by atoms with E-state index in [2.05, 4.69) is 67.2 Å². The molecule has 3 aromatic rings. The van der Waals surface area contributed by atoms with Crippen molar-refractivity contribution in [2.24, 2.45) is 7.05 Å². The fourth-order valence-corrected chi connectivity index (χ4v) is 4.00. The van der Waals surface area contributed by atoms with Gasteiger partial charge in [-0.1, -0.05) is 25.1 Å². The summed E-state index contributed by atoms with van der Waals surface area (Å²) >= 11 is 0. The summed E-state index contributed by atoms with van der Waals surface area (Å²) in [6, 6.07) is 15.5. The molecule has 22 heavy (non-hydrogen) atoms. The standard InChI is InChI=1S/C20H21NO/c1-20(11-9-14-5-4-6-18(22-3)19(14)20)16-7-8-17-15(13-16)10-12-21(17)2/h4-8,10,12-13H,9,11H2,1-3H3. The van der Waals surface area contributed by atoms with Crippen LogP contribution in [0.15, 0.2) is 48.7 Å². The molecule has 0 fully saturated rings. The summed E-state index contributed by atoms with van der Waals surface area (Å²) < 4.78 is 7.83. The van der Waals surface area contributed by atoms with Gasteiger partial charge in [-0.3, -0.25) is 0 Å². The molecule has 0 saturated heterocycles. The number of ether oxygens (including phenoxy) is 1. The van der Waals surface area contributed by atoms with Gasteiger partial charge in [-0.2, -0.15) is 0 Å². The van der Waals surface area contributed by atoms with E-state index < -0.39 is 0 Å². The van der Waals surface area contributed by atoms with Crippen LogP contribution in [-0.2, 0) is 18.9 Å². The van der Waals surface area contributed by atoms with Crippen LogP contribution in [0.5, 0.6) is 5.75 Å². The highest BCUT2D eigenvalue weighted by molar-refractivity contribution is 5.81. The Labute approximate surface area is 131 Å². The molecule has 1 unspecified atom stereocenters. The minimum atomic E-state index is 0.0337. The van der Waals surface area contributed by atoms with Gasteiger partial charge in [0.25, 0.3) is 0 Å². The predicted octanol–water partition coefficient (Wildman–Crippen LogP) is 4.44. The summed E-state index contributed by atoms with van der Waals surface area (Å²) in [6.07, 6.45) is 4.39. The Morgan fingerprint density at radius 1 is 1.14 bits per heavy atom. The van der Waals surface area contributed by atoms with Crippen LogP contribution in [0, 0.1) is 0 Å². The molecule has 0 saturated carbocycles. The summed E-state index contributed by atoms with van der Waals surface area (Å²) in [5.41, 5.74) is 5.49. The van der Waals surface area contributed by atoms with E-state index in [9.17, 15) is 0 Å². The van der Waals surface area contributed by atoms with Gasteiger partial charge in [0.05, 0.1) is 7.11 Å². The molecule has 1 atom stereocenters. The Bertz CT molecular complexity index is 861. The Hall–Kier alpha value is -2.22. The summed E-state index contributed by atoms with van der Waals surface area (Å²) in [5, 5.41) is 1.31. The van der Waals surface area contributed by atoms with Gasteiger partial charge in [-0.05, 0) is 53.6 Å². The Kier molecular flexibility index (Phi) is 2.83. The maximum absolute atomic E-state index is 5.66. The lowest BCUT2D eigenvalue weighted by atomic mass is 9.76. The molecular formula is C20H21NO. The van der Waals surface area contributed by atoms with Crippen molar-refractivity contribution in [1.29, 1.82) is 0 Å². The van der Waals surface area contributed by atoms with E-state index in [0.717, 1.165) is 18.6 Å². The third-order valence-corrected chi connectivity index (χ3v) is 5.30. The molecule has 4 rings (SSSR count). The number of aromatic nitrogens is 1. The number of benzene rings is 2. The highest BCUT2D eigenvalue weighted by Crippen LogP contribution is 2.48. The molecule has 1 heterocycles. The van der Waals surface area contributed by atoms with Gasteiger partial charge in [0, 0.05) is 29.7 Å². The van der Waals surface area contributed by atoms with E-state index in [-0.39, 0.29) is 5.41 Å². The SMILES string of the molecule is COc1cccc2c1C(C)(c1ccc3c(ccn3C)c1)CC2. The van der Waals surface area contributed by atoms with Crippen LogP contribution < -0.4 is 4.74 Å². The Morgan fingerprint density at radius 3 is 2.82 bits per heavy atom. The first-order valence-electron chi connectivity index (χ1n) is 7.85. The highest BCUT2D eigenvalue weighted by Gasteiger charge is 2.38. The lowest BCUT2D eigenvalue weighted by molar-refractivity contribution is 0.400. The normalized spacial score (nSPS) is 20.3. The van der Waals surface area contributed by atoms with Gasteiger partial charge in [0.2, 0.25) is 0 Å². The molecule has 1 aliphatic carbocycles. The van der Waals surface area contributed by atoms with Gasteiger partial charge in [-0.15, -0.1) is 0 Å². The van der Waals surface area contributed by atoms with Crippen LogP contribution in [0.2, 0.25) is 0 Å². The van der Waals surface area contributed by atoms with E-state index >= 15 is 0 Å².